The molecule has 0 bridgehead atoms. The number of aliphatic hydroxyl groups is 1. The van der Waals surface area contributed by atoms with Gasteiger partial charge < -0.3 is 29.3 Å². The number of rotatable bonds is 21. The Labute approximate surface area is 191 Å². The second-order valence-electron chi connectivity index (χ2n) is 9.50. The van der Waals surface area contributed by atoms with Crippen molar-refractivity contribution in [3.05, 3.63) is 12.2 Å². The van der Waals surface area contributed by atoms with Gasteiger partial charge in [-0.2, -0.15) is 0 Å². The van der Waals surface area contributed by atoms with Crippen molar-refractivity contribution in [1.82, 2.24) is 0 Å². The number of phosphoric acid groups is 1. The van der Waals surface area contributed by atoms with E-state index in [-0.39, 0.29) is 13.2 Å². The molecule has 8 heteroatoms. The summed E-state index contributed by atoms with van der Waals surface area (Å²) in [6.45, 7) is 2.51. The Hall–Kier alpha value is -0.270. The molecule has 0 radical (unpaired) electrons. The van der Waals surface area contributed by atoms with Crippen molar-refractivity contribution in [3.63, 3.8) is 0 Å². The SMILES string of the molecule is CCCCCCCCCCCCC/C=C/C(O)C(N)COP(=O)([O-])OCC[N+](C)(C)C. The summed E-state index contributed by atoms with van der Waals surface area (Å²) in [6.07, 6.45) is 17.8. The Morgan fingerprint density at radius 2 is 1.48 bits per heavy atom. The lowest BCUT2D eigenvalue weighted by atomic mass is 10.0. The highest BCUT2D eigenvalue weighted by Crippen LogP contribution is 2.38. The maximum absolute atomic E-state index is 11.8. The zero-order chi connectivity index (χ0) is 23.6. The second kappa shape index (κ2) is 18.2. The number of quaternary nitrogens is 1. The fourth-order valence-electron chi connectivity index (χ4n) is 3.04. The topological polar surface area (TPSA) is 105 Å². The van der Waals surface area contributed by atoms with Crippen molar-refractivity contribution in [3.8, 4) is 0 Å². The molecule has 0 aromatic carbocycles. The number of phosphoric ester groups is 1. The van der Waals surface area contributed by atoms with E-state index in [9.17, 15) is 14.6 Å². The summed E-state index contributed by atoms with van der Waals surface area (Å²) < 4.78 is 22.0. The van der Waals surface area contributed by atoms with Gasteiger partial charge in [0.1, 0.15) is 13.2 Å². The molecular weight excluding hydrogens is 415 g/mol. The first kappa shape index (κ1) is 30.7. The van der Waals surface area contributed by atoms with Gasteiger partial charge in [-0.05, 0) is 12.8 Å². The minimum absolute atomic E-state index is 0.0426. The number of allylic oxidation sites excluding steroid dienone is 1. The second-order valence-corrected chi connectivity index (χ2v) is 10.9. The lowest BCUT2D eigenvalue weighted by Crippen LogP contribution is -2.39. The van der Waals surface area contributed by atoms with Gasteiger partial charge in [0.2, 0.25) is 0 Å². The smallest absolute Gasteiger partial charge is 0.268 e. The fraction of sp³-hybridized carbons (Fsp3) is 0.913. The summed E-state index contributed by atoms with van der Waals surface area (Å²) in [5.41, 5.74) is 5.82. The number of nitrogens with two attached hydrogens (primary N) is 1. The molecule has 0 aliphatic carbocycles. The zero-order valence-electron chi connectivity index (χ0n) is 20.5. The van der Waals surface area contributed by atoms with Crippen LogP contribution in [0.25, 0.3) is 0 Å². The van der Waals surface area contributed by atoms with Gasteiger partial charge >= 0.3 is 0 Å². The molecule has 7 nitrogen and oxygen atoms in total. The highest BCUT2D eigenvalue weighted by Gasteiger charge is 2.18. The van der Waals surface area contributed by atoms with Crippen LogP contribution in [0.2, 0.25) is 0 Å². The number of nitrogens with zero attached hydrogens (tertiary/aromatic N) is 1. The van der Waals surface area contributed by atoms with Gasteiger partial charge in [-0.25, -0.2) is 0 Å². The van der Waals surface area contributed by atoms with Crippen LogP contribution in [0, 0.1) is 0 Å². The van der Waals surface area contributed by atoms with Crippen LogP contribution in [0.15, 0.2) is 12.2 Å². The first-order valence-corrected chi connectivity index (χ1v) is 13.5. The summed E-state index contributed by atoms with van der Waals surface area (Å²) in [7, 11) is 1.41. The van der Waals surface area contributed by atoms with Crippen LogP contribution in [-0.2, 0) is 13.6 Å². The van der Waals surface area contributed by atoms with Crippen molar-refractivity contribution < 1.29 is 28.1 Å². The van der Waals surface area contributed by atoms with E-state index in [1.807, 2.05) is 27.2 Å². The van der Waals surface area contributed by atoms with Gasteiger partial charge in [0.25, 0.3) is 7.82 Å². The molecular formula is C23H49N2O5P. The van der Waals surface area contributed by atoms with Crippen LogP contribution >= 0.6 is 7.82 Å². The predicted molar refractivity (Wildman–Crippen MR) is 127 cm³/mol. The molecule has 31 heavy (non-hydrogen) atoms. The van der Waals surface area contributed by atoms with E-state index in [0.29, 0.717) is 11.0 Å². The number of unbranched alkanes of at least 4 members (excludes halogenated alkanes) is 11. The fourth-order valence-corrected chi connectivity index (χ4v) is 3.78. The number of hydrogen-bond acceptors (Lipinski definition) is 6. The standard InChI is InChI=1S/C23H49N2O5P/c1-5-6-7-8-9-10-11-12-13-14-15-16-17-18-23(26)22(24)21-30-31(27,28)29-20-19-25(2,3)4/h17-18,22-23,26H,5-16,19-21,24H2,1-4H3/b18-17+. The molecule has 0 fully saturated rings. The number of likely N-dealkylation sites (N-methyl/N-ethyl adjacent to an activating group) is 1. The van der Waals surface area contributed by atoms with E-state index >= 15 is 0 Å². The van der Waals surface area contributed by atoms with Crippen molar-refractivity contribution in [1.29, 1.82) is 0 Å². The Bertz CT molecular complexity index is 497. The molecule has 3 atom stereocenters. The van der Waals surface area contributed by atoms with Crippen LogP contribution in [0.1, 0.15) is 84.0 Å². The highest BCUT2D eigenvalue weighted by atomic mass is 31.2. The molecule has 186 valence electrons. The third kappa shape index (κ3) is 21.3. The van der Waals surface area contributed by atoms with Gasteiger partial charge in [-0.15, -0.1) is 0 Å². The van der Waals surface area contributed by atoms with Crippen LogP contribution in [0.5, 0.6) is 0 Å². The van der Waals surface area contributed by atoms with Crippen LogP contribution in [0.3, 0.4) is 0 Å². The van der Waals surface area contributed by atoms with Gasteiger partial charge in [0, 0.05) is 0 Å². The minimum Gasteiger partial charge on any atom is -0.756 e. The van der Waals surface area contributed by atoms with Crippen molar-refractivity contribution >= 4 is 7.82 Å². The Balaban J connectivity index is 3.74. The van der Waals surface area contributed by atoms with Crippen molar-refractivity contribution in [2.24, 2.45) is 5.73 Å². The Morgan fingerprint density at radius 1 is 0.968 bits per heavy atom. The average molecular weight is 465 g/mol. The third-order valence-corrected chi connectivity index (χ3v) is 6.15. The zero-order valence-corrected chi connectivity index (χ0v) is 21.4. The van der Waals surface area contributed by atoms with Gasteiger partial charge in [0.15, 0.2) is 0 Å². The quantitative estimate of drug-likeness (QED) is 0.114. The number of aliphatic hydroxyl groups excluding tert-OH is 1. The van der Waals surface area contributed by atoms with E-state index in [2.05, 4.69) is 6.92 Å². The predicted octanol–water partition coefficient (Wildman–Crippen LogP) is 4.14. The molecule has 0 rings (SSSR count). The molecule has 0 aliphatic rings. The number of hydrogen-bond donors (Lipinski definition) is 2. The summed E-state index contributed by atoms with van der Waals surface area (Å²) in [4.78, 5) is 11.8. The molecule has 0 aromatic rings. The van der Waals surface area contributed by atoms with E-state index in [1.165, 1.54) is 64.2 Å². The molecule has 3 N–H and O–H groups in total. The summed E-state index contributed by atoms with van der Waals surface area (Å²) in [5, 5.41) is 10.0. The van der Waals surface area contributed by atoms with E-state index in [0.717, 1.165) is 12.8 Å². The van der Waals surface area contributed by atoms with Crippen LogP contribution in [0.4, 0.5) is 0 Å². The first-order valence-electron chi connectivity index (χ1n) is 12.1. The molecule has 0 aliphatic heterocycles. The van der Waals surface area contributed by atoms with Crippen molar-refractivity contribution in [2.45, 2.75) is 96.1 Å². The molecule has 3 unspecified atom stereocenters. The minimum atomic E-state index is -4.41. The van der Waals surface area contributed by atoms with E-state index < -0.39 is 20.0 Å². The van der Waals surface area contributed by atoms with Gasteiger partial charge in [-0.3, -0.25) is 4.57 Å². The third-order valence-electron chi connectivity index (χ3n) is 5.18. The van der Waals surface area contributed by atoms with Crippen LogP contribution < -0.4 is 10.6 Å². The van der Waals surface area contributed by atoms with E-state index in [1.54, 1.807) is 6.08 Å². The highest BCUT2D eigenvalue weighted by molar-refractivity contribution is 7.45. The van der Waals surface area contributed by atoms with Gasteiger partial charge in [-0.1, -0.05) is 83.3 Å². The van der Waals surface area contributed by atoms with E-state index in [4.69, 9.17) is 14.8 Å². The largest absolute Gasteiger partial charge is 0.756 e. The Kier molecular flexibility index (Phi) is 18.0. The monoisotopic (exact) mass is 464 g/mol. The molecule has 0 spiro atoms. The van der Waals surface area contributed by atoms with Crippen molar-refractivity contribution in [2.75, 3.05) is 40.9 Å². The van der Waals surface area contributed by atoms with Gasteiger partial charge in [0.05, 0.1) is 39.9 Å². The lowest BCUT2D eigenvalue weighted by Gasteiger charge is -2.28. The molecule has 0 amide bonds. The normalized spacial score (nSPS) is 16.5. The lowest BCUT2D eigenvalue weighted by molar-refractivity contribution is -0.870. The molecule has 0 heterocycles. The summed E-state index contributed by atoms with van der Waals surface area (Å²) >= 11 is 0. The molecule has 0 saturated heterocycles. The Morgan fingerprint density at radius 3 is 2.00 bits per heavy atom. The maximum atomic E-state index is 11.8. The summed E-state index contributed by atoms with van der Waals surface area (Å²) in [6, 6.07) is -0.821. The average Bonchev–Trinajstić information content (AvgIpc) is 2.68. The van der Waals surface area contributed by atoms with Crippen LogP contribution in [-0.4, -0.2) is 62.6 Å². The maximum Gasteiger partial charge on any atom is 0.268 e. The first-order chi connectivity index (χ1) is 14.6. The molecule has 0 aromatic heterocycles. The summed E-state index contributed by atoms with van der Waals surface area (Å²) in [5.74, 6) is 0. The molecule has 0 saturated carbocycles.